The summed E-state index contributed by atoms with van der Waals surface area (Å²) in [4.78, 5) is 26.7. The van der Waals surface area contributed by atoms with Crippen molar-refractivity contribution in [3.63, 3.8) is 0 Å². The SMILES string of the molecule is Cc1ccc(Oc2ccc(NC(=O)[C@H]3CC(=O)N(c4ccc(Cl)cc4)C3)cc2)cc1C. The van der Waals surface area contributed by atoms with Crippen molar-refractivity contribution >= 4 is 34.8 Å². The molecule has 0 unspecified atom stereocenters. The van der Waals surface area contributed by atoms with Gasteiger partial charge in [0, 0.05) is 29.4 Å². The average Bonchev–Trinajstić information content (AvgIpc) is 3.14. The predicted octanol–water partition coefficient (Wildman–Crippen LogP) is 5.74. The van der Waals surface area contributed by atoms with Gasteiger partial charge in [0.1, 0.15) is 11.5 Å². The minimum atomic E-state index is -0.408. The first-order valence-corrected chi connectivity index (χ1v) is 10.5. The van der Waals surface area contributed by atoms with Crippen molar-refractivity contribution in [2.75, 3.05) is 16.8 Å². The number of amides is 2. The molecule has 0 aromatic heterocycles. The fourth-order valence-electron chi connectivity index (χ4n) is 3.52. The van der Waals surface area contributed by atoms with Crippen LogP contribution in [0.4, 0.5) is 11.4 Å². The Morgan fingerprint density at radius 1 is 0.968 bits per heavy atom. The van der Waals surface area contributed by atoms with Crippen LogP contribution in [0.15, 0.2) is 66.7 Å². The zero-order chi connectivity index (χ0) is 22.0. The van der Waals surface area contributed by atoms with Gasteiger partial charge in [0.05, 0.1) is 5.92 Å². The van der Waals surface area contributed by atoms with E-state index in [1.54, 1.807) is 41.3 Å². The maximum Gasteiger partial charge on any atom is 0.229 e. The summed E-state index contributed by atoms with van der Waals surface area (Å²) in [7, 11) is 0. The highest BCUT2D eigenvalue weighted by molar-refractivity contribution is 6.30. The third-order valence-electron chi connectivity index (χ3n) is 5.47. The van der Waals surface area contributed by atoms with Crippen molar-refractivity contribution in [1.29, 1.82) is 0 Å². The lowest BCUT2D eigenvalue weighted by Crippen LogP contribution is -2.28. The first-order valence-electron chi connectivity index (χ1n) is 10.1. The Balaban J connectivity index is 1.36. The number of rotatable bonds is 5. The second-order valence-corrected chi connectivity index (χ2v) is 8.18. The molecule has 0 bridgehead atoms. The molecule has 3 aromatic rings. The Bertz CT molecular complexity index is 1110. The number of carbonyl (C=O) groups excluding carboxylic acids is 2. The lowest BCUT2D eigenvalue weighted by atomic mass is 10.1. The standard InChI is InChI=1S/C25H23ClN2O3/c1-16-3-10-23(13-17(16)2)31-22-11-6-20(7-12-22)27-25(30)18-14-24(29)28(15-18)21-8-4-19(26)5-9-21/h3-13,18H,14-15H2,1-2H3,(H,27,30)/t18-/m0/s1. The van der Waals surface area contributed by atoms with Crippen LogP contribution < -0.4 is 15.0 Å². The number of hydrogen-bond acceptors (Lipinski definition) is 3. The van der Waals surface area contributed by atoms with E-state index in [1.807, 2.05) is 37.3 Å². The number of aryl methyl sites for hydroxylation is 2. The Hall–Kier alpha value is -3.31. The van der Waals surface area contributed by atoms with E-state index in [0.717, 1.165) is 11.4 Å². The fraction of sp³-hybridized carbons (Fsp3) is 0.200. The highest BCUT2D eigenvalue weighted by atomic mass is 35.5. The Morgan fingerprint density at radius 3 is 2.32 bits per heavy atom. The molecule has 1 aliphatic rings. The van der Waals surface area contributed by atoms with E-state index in [-0.39, 0.29) is 18.2 Å². The van der Waals surface area contributed by atoms with Gasteiger partial charge in [-0.1, -0.05) is 17.7 Å². The molecular weight excluding hydrogens is 412 g/mol. The third-order valence-corrected chi connectivity index (χ3v) is 5.72. The molecule has 0 aliphatic carbocycles. The van der Waals surface area contributed by atoms with Gasteiger partial charge >= 0.3 is 0 Å². The topological polar surface area (TPSA) is 58.6 Å². The molecule has 2 amide bonds. The van der Waals surface area contributed by atoms with Crippen molar-refractivity contribution in [3.8, 4) is 11.5 Å². The summed E-state index contributed by atoms with van der Waals surface area (Å²) < 4.78 is 5.89. The first-order chi connectivity index (χ1) is 14.9. The van der Waals surface area contributed by atoms with Crippen molar-refractivity contribution in [2.24, 2.45) is 5.92 Å². The molecule has 1 aliphatic heterocycles. The molecule has 158 valence electrons. The number of benzene rings is 3. The summed E-state index contributed by atoms with van der Waals surface area (Å²) in [5.74, 6) is 0.805. The largest absolute Gasteiger partial charge is 0.457 e. The summed E-state index contributed by atoms with van der Waals surface area (Å²) in [6.07, 6.45) is 0.183. The molecule has 1 heterocycles. The maximum absolute atomic E-state index is 12.7. The molecule has 3 aromatic carbocycles. The number of nitrogens with one attached hydrogen (secondary N) is 1. The quantitative estimate of drug-likeness (QED) is 0.557. The number of nitrogens with zero attached hydrogens (tertiary/aromatic N) is 1. The molecule has 1 N–H and O–H groups in total. The van der Waals surface area contributed by atoms with E-state index >= 15 is 0 Å². The number of hydrogen-bond donors (Lipinski definition) is 1. The zero-order valence-electron chi connectivity index (χ0n) is 17.4. The molecule has 4 rings (SSSR count). The summed E-state index contributed by atoms with van der Waals surface area (Å²) in [6, 6.07) is 20.2. The van der Waals surface area contributed by atoms with Crippen molar-refractivity contribution < 1.29 is 14.3 Å². The molecule has 0 radical (unpaired) electrons. The van der Waals surface area contributed by atoms with Gasteiger partial charge in [0.15, 0.2) is 0 Å². The van der Waals surface area contributed by atoms with Crippen molar-refractivity contribution in [3.05, 3.63) is 82.9 Å². The summed E-state index contributed by atoms with van der Waals surface area (Å²) in [5, 5.41) is 3.50. The molecule has 0 spiro atoms. The van der Waals surface area contributed by atoms with Crippen molar-refractivity contribution in [1.82, 2.24) is 0 Å². The number of anilines is 2. The number of halogens is 1. The van der Waals surface area contributed by atoms with Gasteiger partial charge in [0.25, 0.3) is 0 Å². The minimum Gasteiger partial charge on any atom is -0.457 e. The van der Waals surface area contributed by atoms with Gasteiger partial charge in [-0.05, 0) is 85.6 Å². The van der Waals surface area contributed by atoms with Crippen molar-refractivity contribution in [2.45, 2.75) is 20.3 Å². The summed E-state index contributed by atoms with van der Waals surface area (Å²) >= 11 is 5.92. The predicted molar refractivity (Wildman–Crippen MR) is 123 cm³/mol. The average molecular weight is 435 g/mol. The van der Waals surface area contributed by atoms with E-state index in [2.05, 4.69) is 12.2 Å². The van der Waals surface area contributed by atoms with Gasteiger partial charge in [-0.25, -0.2) is 0 Å². The van der Waals surface area contributed by atoms with Crippen LogP contribution in [0.25, 0.3) is 0 Å². The fourth-order valence-corrected chi connectivity index (χ4v) is 3.64. The van der Waals surface area contributed by atoms with Gasteiger partial charge in [-0.2, -0.15) is 0 Å². The molecule has 1 saturated heterocycles. The minimum absolute atomic E-state index is 0.0698. The van der Waals surface area contributed by atoms with Gasteiger partial charge in [0.2, 0.25) is 11.8 Å². The highest BCUT2D eigenvalue weighted by Gasteiger charge is 2.35. The van der Waals surface area contributed by atoms with Crippen LogP contribution in [0.3, 0.4) is 0 Å². The number of ether oxygens (including phenoxy) is 1. The summed E-state index contributed by atoms with van der Waals surface area (Å²) in [6.45, 7) is 4.45. The van der Waals surface area contributed by atoms with Crippen LogP contribution in [-0.2, 0) is 9.59 Å². The van der Waals surface area contributed by atoms with Crippen LogP contribution in [0.1, 0.15) is 17.5 Å². The second kappa shape index (κ2) is 8.82. The summed E-state index contributed by atoms with van der Waals surface area (Å²) in [5.41, 5.74) is 3.79. The molecule has 1 fully saturated rings. The van der Waals surface area contributed by atoms with E-state index in [1.165, 1.54) is 11.1 Å². The lowest BCUT2D eigenvalue weighted by Gasteiger charge is -2.17. The van der Waals surface area contributed by atoms with E-state index in [9.17, 15) is 9.59 Å². The smallest absolute Gasteiger partial charge is 0.229 e. The third kappa shape index (κ3) is 4.89. The van der Waals surface area contributed by atoms with Gasteiger partial charge in [-0.15, -0.1) is 0 Å². The normalized spacial score (nSPS) is 15.8. The van der Waals surface area contributed by atoms with E-state index in [4.69, 9.17) is 16.3 Å². The maximum atomic E-state index is 12.7. The molecule has 31 heavy (non-hydrogen) atoms. The van der Waals surface area contributed by atoms with Crippen LogP contribution in [0.5, 0.6) is 11.5 Å². The van der Waals surface area contributed by atoms with E-state index in [0.29, 0.717) is 23.0 Å². The Labute approximate surface area is 186 Å². The lowest BCUT2D eigenvalue weighted by molar-refractivity contribution is -0.122. The zero-order valence-corrected chi connectivity index (χ0v) is 18.1. The van der Waals surface area contributed by atoms with Gasteiger partial charge < -0.3 is 15.0 Å². The van der Waals surface area contributed by atoms with Crippen LogP contribution in [0, 0.1) is 19.8 Å². The monoisotopic (exact) mass is 434 g/mol. The second-order valence-electron chi connectivity index (χ2n) is 7.74. The molecule has 1 atom stereocenters. The van der Waals surface area contributed by atoms with Gasteiger partial charge in [-0.3, -0.25) is 9.59 Å². The molecule has 5 nitrogen and oxygen atoms in total. The molecular formula is C25H23ClN2O3. The molecule has 6 heteroatoms. The highest BCUT2D eigenvalue weighted by Crippen LogP contribution is 2.28. The first kappa shape index (κ1) is 20.9. The van der Waals surface area contributed by atoms with Crippen LogP contribution >= 0.6 is 11.6 Å². The molecule has 0 saturated carbocycles. The Kier molecular flexibility index (Phi) is 5.96. The van der Waals surface area contributed by atoms with Crippen LogP contribution in [0.2, 0.25) is 5.02 Å². The Morgan fingerprint density at radius 2 is 1.65 bits per heavy atom. The van der Waals surface area contributed by atoms with E-state index < -0.39 is 5.92 Å². The number of carbonyl (C=O) groups is 2. The van der Waals surface area contributed by atoms with Crippen LogP contribution in [-0.4, -0.2) is 18.4 Å².